The lowest BCUT2D eigenvalue weighted by Gasteiger charge is -2.36. The van der Waals surface area contributed by atoms with Crippen molar-refractivity contribution in [3.8, 4) is 0 Å². The molecule has 0 aromatic carbocycles. The summed E-state index contributed by atoms with van der Waals surface area (Å²) in [5, 5.41) is 13.3. The third kappa shape index (κ3) is 3.91. The van der Waals surface area contributed by atoms with Gasteiger partial charge < -0.3 is 10.4 Å². The summed E-state index contributed by atoms with van der Waals surface area (Å²) in [5.74, 6) is 0.478. The second-order valence-corrected chi connectivity index (χ2v) is 6.85. The third-order valence-electron chi connectivity index (χ3n) is 4.01. The Morgan fingerprint density at radius 1 is 1.40 bits per heavy atom. The van der Waals surface area contributed by atoms with E-state index in [0.717, 1.165) is 36.6 Å². The highest BCUT2D eigenvalue weighted by molar-refractivity contribution is 7.09. The Morgan fingerprint density at radius 3 is 2.65 bits per heavy atom. The lowest BCUT2D eigenvalue weighted by Crippen LogP contribution is -2.34. The van der Waals surface area contributed by atoms with Crippen LogP contribution in [0.3, 0.4) is 0 Å². The number of aromatic nitrogens is 2. The first-order valence-electron chi connectivity index (χ1n) is 7.30. The van der Waals surface area contributed by atoms with Gasteiger partial charge in [-0.2, -0.15) is 4.37 Å². The Hall–Kier alpha value is -1.17. The molecule has 0 radical (unpaired) electrons. The largest absolute Gasteiger partial charge is 0.481 e. The van der Waals surface area contributed by atoms with Crippen molar-refractivity contribution >= 4 is 22.6 Å². The number of hydrogen-bond acceptors (Lipinski definition) is 5. The number of carboxylic acids is 1. The fraction of sp³-hybridized carbons (Fsp3) is 0.786. The van der Waals surface area contributed by atoms with Crippen molar-refractivity contribution in [1.82, 2.24) is 9.36 Å². The van der Waals surface area contributed by atoms with Crippen molar-refractivity contribution in [3.63, 3.8) is 0 Å². The topological polar surface area (TPSA) is 75.1 Å². The van der Waals surface area contributed by atoms with E-state index in [-0.39, 0.29) is 11.8 Å². The van der Waals surface area contributed by atoms with E-state index >= 15 is 0 Å². The van der Waals surface area contributed by atoms with Gasteiger partial charge in [0.1, 0.15) is 5.82 Å². The first kappa shape index (κ1) is 15.2. The maximum Gasteiger partial charge on any atom is 0.303 e. The summed E-state index contributed by atoms with van der Waals surface area (Å²) in [7, 11) is 0. The zero-order valence-electron chi connectivity index (χ0n) is 12.2. The van der Waals surface area contributed by atoms with E-state index in [1.807, 2.05) is 0 Å². The van der Waals surface area contributed by atoms with Crippen LogP contribution in [0.2, 0.25) is 0 Å². The molecule has 6 heteroatoms. The molecule has 1 aliphatic rings. The van der Waals surface area contributed by atoms with E-state index in [1.54, 1.807) is 0 Å². The summed E-state index contributed by atoms with van der Waals surface area (Å²) in [5.41, 5.74) is -0.117. The van der Waals surface area contributed by atoms with Gasteiger partial charge in [0.05, 0.1) is 6.42 Å². The molecule has 112 valence electrons. The molecule has 0 spiro atoms. The van der Waals surface area contributed by atoms with Gasteiger partial charge in [-0.05, 0) is 18.3 Å². The SMILES string of the molecule is CC(C)c1nsc(NCC2(CC(=O)O)CCCCC2)n1. The zero-order chi connectivity index (χ0) is 14.6. The number of aliphatic carboxylic acids is 1. The minimum atomic E-state index is -0.700. The summed E-state index contributed by atoms with van der Waals surface area (Å²) in [6.07, 6.45) is 5.70. The average molecular weight is 297 g/mol. The molecule has 0 saturated heterocycles. The quantitative estimate of drug-likeness (QED) is 0.840. The lowest BCUT2D eigenvalue weighted by molar-refractivity contribution is -0.140. The van der Waals surface area contributed by atoms with Gasteiger partial charge >= 0.3 is 5.97 Å². The number of anilines is 1. The number of hydrogen-bond donors (Lipinski definition) is 2. The summed E-state index contributed by atoms with van der Waals surface area (Å²) < 4.78 is 4.31. The Balaban J connectivity index is 1.98. The minimum absolute atomic E-state index is 0.117. The van der Waals surface area contributed by atoms with Crippen molar-refractivity contribution in [2.45, 2.75) is 58.3 Å². The van der Waals surface area contributed by atoms with E-state index in [0.29, 0.717) is 12.5 Å². The molecule has 0 atom stereocenters. The predicted octanol–water partition coefficient (Wildman–Crippen LogP) is 3.50. The van der Waals surface area contributed by atoms with Gasteiger partial charge in [-0.15, -0.1) is 0 Å². The molecule has 2 N–H and O–H groups in total. The van der Waals surface area contributed by atoms with Gasteiger partial charge in [0.2, 0.25) is 5.13 Å². The second-order valence-electron chi connectivity index (χ2n) is 6.10. The van der Waals surface area contributed by atoms with Crippen molar-refractivity contribution in [2.24, 2.45) is 5.41 Å². The van der Waals surface area contributed by atoms with Gasteiger partial charge in [-0.1, -0.05) is 33.1 Å². The van der Waals surface area contributed by atoms with E-state index in [9.17, 15) is 4.79 Å². The monoisotopic (exact) mass is 297 g/mol. The van der Waals surface area contributed by atoms with Crippen LogP contribution in [0, 0.1) is 5.41 Å². The normalized spacial score (nSPS) is 18.1. The highest BCUT2D eigenvalue weighted by Gasteiger charge is 2.34. The van der Waals surface area contributed by atoms with Crippen molar-refractivity contribution in [2.75, 3.05) is 11.9 Å². The van der Waals surface area contributed by atoms with Crippen LogP contribution >= 0.6 is 11.5 Å². The molecule has 0 unspecified atom stereocenters. The van der Waals surface area contributed by atoms with Gasteiger partial charge in [-0.25, -0.2) is 4.98 Å². The molecule has 5 nitrogen and oxygen atoms in total. The van der Waals surface area contributed by atoms with E-state index in [4.69, 9.17) is 5.11 Å². The van der Waals surface area contributed by atoms with Crippen LogP contribution < -0.4 is 5.32 Å². The van der Waals surface area contributed by atoms with Gasteiger partial charge in [0, 0.05) is 24.0 Å². The Morgan fingerprint density at radius 2 is 2.10 bits per heavy atom. The molecule has 1 aliphatic carbocycles. The maximum absolute atomic E-state index is 11.1. The second kappa shape index (κ2) is 6.52. The summed E-state index contributed by atoms with van der Waals surface area (Å²) >= 11 is 1.36. The number of nitrogens with one attached hydrogen (secondary N) is 1. The van der Waals surface area contributed by atoms with Gasteiger partial charge in [-0.3, -0.25) is 4.79 Å². The molecule has 1 heterocycles. The number of nitrogens with zero attached hydrogens (tertiary/aromatic N) is 2. The average Bonchev–Trinajstić information content (AvgIpc) is 2.86. The highest BCUT2D eigenvalue weighted by atomic mass is 32.1. The smallest absolute Gasteiger partial charge is 0.303 e. The Kier molecular flexibility index (Phi) is 4.96. The molecule has 1 saturated carbocycles. The molecular weight excluding hydrogens is 274 g/mol. The fourth-order valence-electron chi connectivity index (χ4n) is 2.84. The van der Waals surface area contributed by atoms with E-state index in [1.165, 1.54) is 18.0 Å². The van der Waals surface area contributed by atoms with Crippen LogP contribution in [-0.4, -0.2) is 27.0 Å². The molecule has 0 aliphatic heterocycles. The molecular formula is C14H23N3O2S. The number of rotatable bonds is 6. The molecule has 1 aromatic heterocycles. The van der Waals surface area contributed by atoms with Gasteiger partial charge in [0.25, 0.3) is 0 Å². The van der Waals surface area contributed by atoms with Crippen LogP contribution in [0.1, 0.15) is 64.1 Å². The number of carbonyl (C=O) groups is 1. The minimum Gasteiger partial charge on any atom is -0.481 e. The third-order valence-corrected chi connectivity index (χ3v) is 4.70. The van der Waals surface area contributed by atoms with Crippen molar-refractivity contribution in [3.05, 3.63) is 5.82 Å². The predicted molar refractivity (Wildman–Crippen MR) is 80.3 cm³/mol. The molecule has 0 amide bonds. The van der Waals surface area contributed by atoms with Crippen molar-refractivity contribution < 1.29 is 9.90 Å². The fourth-order valence-corrected chi connectivity index (χ4v) is 3.55. The highest BCUT2D eigenvalue weighted by Crippen LogP contribution is 2.39. The first-order valence-corrected chi connectivity index (χ1v) is 8.07. The van der Waals surface area contributed by atoms with Crippen LogP contribution in [0.5, 0.6) is 0 Å². The summed E-state index contributed by atoms with van der Waals surface area (Å²) in [4.78, 5) is 15.6. The van der Waals surface area contributed by atoms with Crippen LogP contribution in [-0.2, 0) is 4.79 Å². The molecule has 0 bridgehead atoms. The van der Waals surface area contributed by atoms with Crippen LogP contribution in [0.15, 0.2) is 0 Å². The Bertz CT molecular complexity index is 453. The van der Waals surface area contributed by atoms with Crippen LogP contribution in [0.25, 0.3) is 0 Å². The van der Waals surface area contributed by atoms with Crippen molar-refractivity contribution in [1.29, 1.82) is 0 Å². The standard InChI is InChI=1S/C14H23N3O2S/c1-10(2)12-16-13(20-17-12)15-9-14(8-11(18)19)6-4-3-5-7-14/h10H,3-9H2,1-2H3,(H,18,19)(H,15,16,17). The molecule has 2 rings (SSSR count). The van der Waals surface area contributed by atoms with E-state index in [2.05, 4.69) is 28.5 Å². The van der Waals surface area contributed by atoms with Gasteiger partial charge in [0.15, 0.2) is 0 Å². The zero-order valence-corrected chi connectivity index (χ0v) is 13.0. The molecule has 1 fully saturated rings. The first-order chi connectivity index (χ1) is 9.51. The molecule has 20 heavy (non-hydrogen) atoms. The maximum atomic E-state index is 11.1. The Labute approximate surface area is 124 Å². The summed E-state index contributed by atoms with van der Waals surface area (Å²) in [6.45, 7) is 4.82. The lowest BCUT2D eigenvalue weighted by atomic mass is 9.72. The molecule has 1 aromatic rings. The van der Waals surface area contributed by atoms with E-state index < -0.39 is 5.97 Å². The summed E-state index contributed by atoms with van der Waals surface area (Å²) in [6, 6.07) is 0. The van der Waals surface area contributed by atoms with Crippen LogP contribution in [0.4, 0.5) is 5.13 Å². The number of carboxylic acid groups (broad SMARTS) is 1.